The highest BCUT2D eigenvalue weighted by Crippen LogP contribution is 2.12. The first-order chi connectivity index (χ1) is 12.3. The lowest BCUT2D eigenvalue weighted by molar-refractivity contribution is -0.147. The van der Waals surface area contributed by atoms with Crippen molar-refractivity contribution in [1.29, 1.82) is 0 Å². The second-order valence-corrected chi connectivity index (χ2v) is 6.17. The number of ether oxygens (including phenoxy) is 1. The molecule has 2 aromatic carbocycles. The fourth-order valence-corrected chi connectivity index (χ4v) is 2.40. The minimum absolute atomic E-state index is 0.284. The summed E-state index contributed by atoms with van der Waals surface area (Å²) in [5.74, 6) is -1.25. The number of hydrogen-bond donors (Lipinski definition) is 0. The summed E-state index contributed by atoms with van der Waals surface area (Å²) in [4.78, 5) is 25.4. The lowest BCUT2D eigenvalue weighted by Gasteiger charge is -2.18. The normalized spacial score (nSPS) is 10.8. The van der Waals surface area contributed by atoms with Gasteiger partial charge in [0.25, 0.3) is 5.91 Å². The maximum Gasteiger partial charge on any atom is 0.331 e. The number of amides is 1. The quantitative estimate of drug-likeness (QED) is 0.587. The van der Waals surface area contributed by atoms with Gasteiger partial charge in [-0.05, 0) is 48.7 Å². The van der Waals surface area contributed by atoms with Crippen LogP contribution in [0, 0.1) is 19.7 Å². The van der Waals surface area contributed by atoms with Crippen LogP contribution >= 0.6 is 0 Å². The fraction of sp³-hybridized carbons (Fsp3) is 0.238. The first-order valence-corrected chi connectivity index (χ1v) is 8.25. The fourth-order valence-electron chi connectivity index (χ4n) is 2.40. The van der Waals surface area contributed by atoms with Gasteiger partial charge in [-0.15, -0.1) is 0 Å². The Balaban J connectivity index is 1.83. The van der Waals surface area contributed by atoms with E-state index in [1.807, 2.05) is 26.0 Å². The molecule has 136 valence electrons. The molecule has 2 aromatic rings. The molecule has 0 aromatic heterocycles. The molecule has 5 heteroatoms. The summed E-state index contributed by atoms with van der Waals surface area (Å²) in [6, 6.07) is 11.7. The lowest BCUT2D eigenvalue weighted by atomic mass is 10.1. The zero-order chi connectivity index (χ0) is 19.1. The van der Waals surface area contributed by atoms with Crippen molar-refractivity contribution in [2.75, 3.05) is 13.7 Å². The number of benzene rings is 2. The van der Waals surface area contributed by atoms with Gasteiger partial charge in [-0.3, -0.25) is 4.79 Å². The molecule has 0 heterocycles. The lowest BCUT2D eigenvalue weighted by Crippen LogP contribution is -2.30. The zero-order valence-corrected chi connectivity index (χ0v) is 15.2. The second kappa shape index (κ2) is 8.94. The number of carbonyl (C=O) groups is 2. The van der Waals surface area contributed by atoms with Crippen LogP contribution in [0.25, 0.3) is 6.08 Å². The summed E-state index contributed by atoms with van der Waals surface area (Å²) < 4.78 is 17.8. The van der Waals surface area contributed by atoms with Gasteiger partial charge in [0.15, 0.2) is 6.61 Å². The highest BCUT2D eigenvalue weighted by atomic mass is 19.1. The number of carbonyl (C=O) groups excluding carboxylic acids is 2. The standard InChI is InChI=1S/C21H22FNO3/c1-15-4-8-18(16(2)12-15)13-23(3)20(24)14-26-21(25)11-7-17-5-9-19(22)10-6-17/h4-12H,13-14H2,1-3H3/b11-7+. The number of halogens is 1. The Morgan fingerprint density at radius 3 is 2.46 bits per heavy atom. The highest BCUT2D eigenvalue weighted by molar-refractivity contribution is 5.89. The van der Waals surface area contributed by atoms with Gasteiger partial charge in [-0.1, -0.05) is 35.9 Å². The van der Waals surface area contributed by atoms with Crippen LogP contribution < -0.4 is 0 Å². The molecule has 0 saturated heterocycles. The van der Waals surface area contributed by atoms with Gasteiger partial charge in [0, 0.05) is 19.7 Å². The van der Waals surface area contributed by atoms with Gasteiger partial charge in [0.05, 0.1) is 0 Å². The summed E-state index contributed by atoms with van der Waals surface area (Å²) in [5, 5.41) is 0. The summed E-state index contributed by atoms with van der Waals surface area (Å²) in [5.41, 5.74) is 4.00. The molecule has 0 bridgehead atoms. The number of nitrogens with zero attached hydrogens (tertiary/aromatic N) is 1. The Morgan fingerprint density at radius 2 is 1.81 bits per heavy atom. The molecule has 0 aliphatic rings. The van der Waals surface area contributed by atoms with Crippen LogP contribution in [0.2, 0.25) is 0 Å². The van der Waals surface area contributed by atoms with E-state index in [0.717, 1.165) is 11.1 Å². The Morgan fingerprint density at radius 1 is 1.12 bits per heavy atom. The number of rotatable bonds is 6. The Bertz CT molecular complexity index is 813. The van der Waals surface area contributed by atoms with E-state index in [4.69, 9.17) is 4.74 Å². The predicted molar refractivity (Wildman–Crippen MR) is 98.8 cm³/mol. The van der Waals surface area contributed by atoms with E-state index in [0.29, 0.717) is 12.1 Å². The van der Waals surface area contributed by atoms with Gasteiger partial charge >= 0.3 is 5.97 Å². The second-order valence-electron chi connectivity index (χ2n) is 6.17. The molecule has 0 radical (unpaired) electrons. The molecule has 1 amide bonds. The number of aryl methyl sites for hydroxylation is 2. The molecule has 0 N–H and O–H groups in total. The number of esters is 1. The van der Waals surface area contributed by atoms with Crippen molar-refractivity contribution in [2.24, 2.45) is 0 Å². The molecule has 0 atom stereocenters. The first kappa shape index (κ1) is 19.4. The molecule has 0 aliphatic heterocycles. The van der Waals surface area contributed by atoms with Gasteiger partial charge in [0.2, 0.25) is 0 Å². The molecular weight excluding hydrogens is 333 g/mol. The van der Waals surface area contributed by atoms with Crippen LogP contribution in [0.3, 0.4) is 0 Å². The van der Waals surface area contributed by atoms with Gasteiger partial charge in [-0.2, -0.15) is 0 Å². The maximum absolute atomic E-state index is 12.8. The monoisotopic (exact) mass is 355 g/mol. The molecule has 2 rings (SSSR count). The van der Waals surface area contributed by atoms with Crippen molar-refractivity contribution >= 4 is 18.0 Å². The summed E-state index contributed by atoms with van der Waals surface area (Å²) in [6.07, 6.45) is 2.72. The number of hydrogen-bond acceptors (Lipinski definition) is 3. The summed E-state index contributed by atoms with van der Waals surface area (Å²) >= 11 is 0. The summed E-state index contributed by atoms with van der Waals surface area (Å²) in [6.45, 7) is 4.15. The minimum atomic E-state index is -0.623. The largest absolute Gasteiger partial charge is 0.452 e. The van der Waals surface area contributed by atoms with E-state index in [2.05, 4.69) is 6.07 Å². The van der Waals surface area contributed by atoms with Crippen LogP contribution in [0.4, 0.5) is 4.39 Å². The smallest absolute Gasteiger partial charge is 0.331 e. The highest BCUT2D eigenvalue weighted by Gasteiger charge is 2.12. The minimum Gasteiger partial charge on any atom is -0.452 e. The number of likely N-dealkylation sites (N-methyl/N-ethyl adjacent to an activating group) is 1. The third kappa shape index (κ3) is 5.84. The van der Waals surface area contributed by atoms with Gasteiger partial charge < -0.3 is 9.64 Å². The van der Waals surface area contributed by atoms with Crippen molar-refractivity contribution in [3.8, 4) is 0 Å². The average molecular weight is 355 g/mol. The van der Waals surface area contributed by atoms with E-state index in [1.54, 1.807) is 19.2 Å². The molecule has 0 aliphatic carbocycles. The van der Waals surface area contributed by atoms with Crippen molar-refractivity contribution < 1.29 is 18.7 Å². The molecule has 26 heavy (non-hydrogen) atoms. The Hall–Kier alpha value is -2.95. The first-order valence-electron chi connectivity index (χ1n) is 8.25. The molecule has 0 unspecified atom stereocenters. The van der Waals surface area contributed by atoms with Crippen LogP contribution in [0.1, 0.15) is 22.3 Å². The van der Waals surface area contributed by atoms with E-state index in [1.165, 1.54) is 34.7 Å². The van der Waals surface area contributed by atoms with E-state index in [9.17, 15) is 14.0 Å². The van der Waals surface area contributed by atoms with Gasteiger partial charge in [0.1, 0.15) is 5.82 Å². The third-order valence-corrected chi connectivity index (χ3v) is 3.95. The molecule has 0 spiro atoms. The van der Waals surface area contributed by atoms with Crippen LogP contribution in [0.5, 0.6) is 0 Å². The van der Waals surface area contributed by atoms with Crippen LogP contribution in [-0.4, -0.2) is 30.4 Å². The SMILES string of the molecule is Cc1ccc(CN(C)C(=O)COC(=O)/C=C/c2ccc(F)cc2)c(C)c1. The molecule has 0 saturated carbocycles. The molecule has 0 fully saturated rings. The van der Waals surface area contributed by atoms with Crippen molar-refractivity contribution in [1.82, 2.24) is 4.90 Å². The maximum atomic E-state index is 12.8. The third-order valence-electron chi connectivity index (χ3n) is 3.95. The summed E-state index contributed by atoms with van der Waals surface area (Å²) in [7, 11) is 1.67. The Labute approximate surface area is 152 Å². The Kier molecular flexibility index (Phi) is 6.67. The molecule has 4 nitrogen and oxygen atoms in total. The van der Waals surface area contributed by atoms with Crippen molar-refractivity contribution in [3.05, 3.63) is 76.6 Å². The average Bonchev–Trinajstić information content (AvgIpc) is 2.61. The van der Waals surface area contributed by atoms with Crippen molar-refractivity contribution in [3.63, 3.8) is 0 Å². The van der Waals surface area contributed by atoms with E-state index < -0.39 is 5.97 Å². The molecular formula is C21H22FNO3. The zero-order valence-electron chi connectivity index (χ0n) is 15.2. The van der Waals surface area contributed by atoms with Crippen LogP contribution in [0.15, 0.2) is 48.5 Å². The topological polar surface area (TPSA) is 46.6 Å². The van der Waals surface area contributed by atoms with E-state index >= 15 is 0 Å². The van der Waals surface area contributed by atoms with Gasteiger partial charge in [-0.25, -0.2) is 9.18 Å². The predicted octanol–water partition coefficient (Wildman–Crippen LogP) is 3.66. The van der Waals surface area contributed by atoms with Crippen LogP contribution in [-0.2, 0) is 20.9 Å². The van der Waals surface area contributed by atoms with Crippen molar-refractivity contribution in [2.45, 2.75) is 20.4 Å². The van der Waals surface area contributed by atoms with E-state index in [-0.39, 0.29) is 18.3 Å².